The van der Waals surface area contributed by atoms with Crippen molar-refractivity contribution in [2.45, 2.75) is 0 Å². The third-order valence-electron chi connectivity index (χ3n) is 2.54. The van der Waals surface area contributed by atoms with Crippen molar-refractivity contribution < 1.29 is 4.39 Å². The van der Waals surface area contributed by atoms with Gasteiger partial charge in [-0.15, -0.1) is 0 Å². The van der Waals surface area contributed by atoms with Crippen LogP contribution in [0.15, 0.2) is 40.9 Å². The molecule has 0 bridgehead atoms. The standard InChI is InChI=1S/C13H7BrClFN2S/c14-8-5-4-7(6-10(8)16)17-13-18-11-3-1-2-9(15)12(11)19-13/h1-6H,(H,17,18). The summed E-state index contributed by atoms with van der Waals surface area (Å²) in [6, 6.07) is 10.4. The first kappa shape index (κ1) is 12.8. The molecular weight excluding hydrogens is 351 g/mol. The summed E-state index contributed by atoms with van der Waals surface area (Å²) >= 11 is 10.7. The topological polar surface area (TPSA) is 24.9 Å². The minimum Gasteiger partial charge on any atom is -0.331 e. The lowest BCUT2D eigenvalue weighted by molar-refractivity contribution is 0.622. The first-order chi connectivity index (χ1) is 9.13. The fourth-order valence-electron chi connectivity index (χ4n) is 1.67. The molecule has 19 heavy (non-hydrogen) atoms. The Morgan fingerprint density at radius 3 is 2.84 bits per heavy atom. The Hall–Kier alpha value is -1.17. The summed E-state index contributed by atoms with van der Waals surface area (Å²) in [5, 5.41) is 4.43. The van der Waals surface area contributed by atoms with Crippen molar-refractivity contribution in [1.82, 2.24) is 4.98 Å². The molecule has 96 valence electrons. The van der Waals surface area contributed by atoms with Crippen molar-refractivity contribution in [3.63, 3.8) is 0 Å². The Morgan fingerprint density at radius 1 is 1.26 bits per heavy atom. The lowest BCUT2D eigenvalue weighted by atomic mass is 10.3. The smallest absolute Gasteiger partial charge is 0.188 e. The summed E-state index contributed by atoms with van der Waals surface area (Å²) < 4.78 is 14.8. The number of hydrogen-bond donors (Lipinski definition) is 1. The van der Waals surface area contributed by atoms with E-state index in [9.17, 15) is 4.39 Å². The van der Waals surface area contributed by atoms with E-state index >= 15 is 0 Å². The molecule has 1 heterocycles. The normalized spacial score (nSPS) is 10.9. The summed E-state index contributed by atoms with van der Waals surface area (Å²) in [4.78, 5) is 4.41. The SMILES string of the molecule is Fc1cc(Nc2nc3cccc(Cl)c3s2)ccc1Br. The fraction of sp³-hybridized carbons (Fsp3) is 0. The van der Waals surface area contributed by atoms with Gasteiger partial charge in [0.15, 0.2) is 5.13 Å². The Labute approximate surface area is 126 Å². The lowest BCUT2D eigenvalue weighted by Gasteiger charge is -2.02. The molecule has 1 N–H and O–H groups in total. The molecule has 0 fully saturated rings. The average molecular weight is 358 g/mol. The second-order valence-corrected chi connectivity index (χ2v) is 6.12. The van der Waals surface area contributed by atoms with Crippen molar-refractivity contribution in [2.24, 2.45) is 0 Å². The van der Waals surface area contributed by atoms with Crippen molar-refractivity contribution in [3.05, 3.63) is 51.7 Å². The minimum absolute atomic E-state index is 0.316. The number of fused-ring (bicyclic) bond motifs is 1. The predicted molar refractivity (Wildman–Crippen MR) is 82.0 cm³/mol. The number of anilines is 2. The van der Waals surface area contributed by atoms with Crippen LogP contribution in [-0.2, 0) is 0 Å². The van der Waals surface area contributed by atoms with E-state index in [1.165, 1.54) is 17.4 Å². The van der Waals surface area contributed by atoms with Gasteiger partial charge in [0.2, 0.25) is 0 Å². The van der Waals surface area contributed by atoms with E-state index < -0.39 is 0 Å². The van der Waals surface area contributed by atoms with Gasteiger partial charge in [0.05, 0.1) is 19.7 Å². The Bertz CT molecular complexity index is 759. The molecule has 0 aliphatic rings. The van der Waals surface area contributed by atoms with E-state index in [1.807, 2.05) is 18.2 Å². The van der Waals surface area contributed by atoms with E-state index in [4.69, 9.17) is 11.6 Å². The van der Waals surface area contributed by atoms with Crippen LogP contribution in [0.5, 0.6) is 0 Å². The number of benzene rings is 2. The Morgan fingerprint density at radius 2 is 2.11 bits per heavy atom. The largest absolute Gasteiger partial charge is 0.331 e. The average Bonchev–Trinajstić information content (AvgIpc) is 2.78. The van der Waals surface area contributed by atoms with Gasteiger partial charge in [-0.05, 0) is 46.3 Å². The van der Waals surface area contributed by atoms with Crippen LogP contribution in [0.25, 0.3) is 10.2 Å². The monoisotopic (exact) mass is 356 g/mol. The van der Waals surface area contributed by atoms with Crippen LogP contribution in [-0.4, -0.2) is 4.98 Å². The first-order valence-corrected chi connectivity index (χ1v) is 7.39. The van der Waals surface area contributed by atoms with Crippen LogP contribution in [0.2, 0.25) is 5.02 Å². The molecule has 0 amide bonds. The van der Waals surface area contributed by atoms with Crippen molar-refractivity contribution >= 4 is 59.9 Å². The van der Waals surface area contributed by atoms with E-state index in [-0.39, 0.29) is 5.82 Å². The quantitative estimate of drug-likeness (QED) is 0.646. The first-order valence-electron chi connectivity index (χ1n) is 5.40. The number of nitrogens with zero attached hydrogens (tertiary/aromatic N) is 1. The Balaban J connectivity index is 1.96. The number of halogens is 3. The molecule has 0 aliphatic carbocycles. The molecule has 3 rings (SSSR count). The number of nitrogens with one attached hydrogen (secondary N) is 1. The maximum Gasteiger partial charge on any atom is 0.188 e. The van der Waals surface area contributed by atoms with Gasteiger partial charge in [-0.25, -0.2) is 9.37 Å². The van der Waals surface area contributed by atoms with Gasteiger partial charge in [-0.2, -0.15) is 0 Å². The summed E-state index contributed by atoms with van der Waals surface area (Å²) in [5.74, 6) is -0.316. The van der Waals surface area contributed by atoms with E-state index in [1.54, 1.807) is 12.1 Å². The molecule has 0 spiro atoms. The van der Waals surface area contributed by atoms with Gasteiger partial charge < -0.3 is 5.32 Å². The number of aromatic nitrogens is 1. The molecule has 2 nitrogen and oxygen atoms in total. The zero-order chi connectivity index (χ0) is 13.4. The number of hydrogen-bond acceptors (Lipinski definition) is 3. The summed E-state index contributed by atoms with van der Waals surface area (Å²) in [5.41, 5.74) is 1.48. The molecule has 0 unspecified atom stereocenters. The fourth-order valence-corrected chi connectivity index (χ4v) is 3.09. The van der Waals surface area contributed by atoms with Gasteiger partial charge in [0.1, 0.15) is 5.82 Å². The van der Waals surface area contributed by atoms with Gasteiger partial charge >= 0.3 is 0 Å². The van der Waals surface area contributed by atoms with Crippen LogP contribution in [0, 0.1) is 5.82 Å². The van der Waals surface area contributed by atoms with Crippen molar-refractivity contribution in [1.29, 1.82) is 0 Å². The number of thiazole rings is 1. The van der Waals surface area contributed by atoms with Crippen LogP contribution in [0.4, 0.5) is 15.2 Å². The molecule has 6 heteroatoms. The van der Waals surface area contributed by atoms with Gasteiger partial charge in [-0.1, -0.05) is 29.0 Å². The summed E-state index contributed by atoms with van der Waals surface area (Å²) in [6.45, 7) is 0. The molecule has 0 saturated carbocycles. The third kappa shape index (κ3) is 2.59. The highest BCUT2D eigenvalue weighted by Gasteiger charge is 2.08. The maximum atomic E-state index is 13.4. The molecule has 0 radical (unpaired) electrons. The van der Waals surface area contributed by atoms with Gasteiger partial charge in [-0.3, -0.25) is 0 Å². The van der Waals surface area contributed by atoms with Crippen LogP contribution in [0.1, 0.15) is 0 Å². The van der Waals surface area contributed by atoms with Crippen LogP contribution < -0.4 is 5.32 Å². The molecule has 0 atom stereocenters. The second-order valence-electron chi connectivity index (χ2n) is 3.86. The van der Waals surface area contributed by atoms with E-state index in [0.29, 0.717) is 20.3 Å². The maximum absolute atomic E-state index is 13.4. The van der Waals surface area contributed by atoms with Crippen LogP contribution in [0.3, 0.4) is 0 Å². The zero-order valence-corrected chi connectivity index (χ0v) is 12.6. The zero-order valence-electron chi connectivity index (χ0n) is 9.45. The lowest BCUT2D eigenvalue weighted by Crippen LogP contribution is -1.90. The highest BCUT2D eigenvalue weighted by molar-refractivity contribution is 9.10. The van der Waals surface area contributed by atoms with Crippen molar-refractivity contribution in [3.8, 4) is 0 Å². The predicted octanol–water partition coefficient (Wildman–Crippen LogP) is 5.59. The Kier molecular flexibility index (Phi) is 3.43. The highest BCUT2D eigenvalue weighted by Crippen LogP contribution is 2.33. The molecule has 0 saturated heterocycles. The second kappa shape index (κ2) is 5.07. The van der Waals surface area contributed by atoms with Gasteiger partial charge in [0.25, 0.3) is 0 Å². The molecule has 3 aromatic rings. The summed E-state index contributed by atoms with van der Waals surface area (Å²) in [6.07, 6.45) is 0. The molecule has 0 aliphatic heterocycles. The molecule has 2 aromatic carbocycles. The summed E-state index contributed by atoms with van der Waals surface area (Å²) in [7, 11) is 0. The van der Waals surface area contributed by atoms with Crippen molar-refractivity contribution in [2.75, 3.05) is 5.32 Å². The minimum atomic E-state index is -0.316. The highest BCUT2D eigenvalue weighted by atomic mass is 79.9. The third-order valence-corrected chi connectivity index (χ3v) is 4.63. The number of rotatable bonds is 2. The van der Waals surface area contributed by atoms with E-state index in [0.717, 1.165) is 10.2 Å². The van der Waals surface area contributed by atoms with E-state index in [2.05, 4.69) is 26.2 Å². The molecular formula is C13H7BrClFN2S. The van der Waals surface area contributed by atoms with Crippen LogP contribution >= 0.6 is 38.9 Å². The molecule has 1 aromatic heterocycles. The van der Waals surface area contributed by atoms with Gasteiger partial charge in [0, 0.05) is 5.69 Å².